The number of nitrogens with zero attached hydrogens (tertiary/aromatic N) is 1. The molecule has 0 spiro atoms. The quantitative estimate of drug-likeness (QED) is 0.183. The summed E-state index contributed by atoms with van der Waals surface area (Å²) in [5.41, 5.74) is 4.27. The molecule has 160 valence electrons. The Bertz CT molecular complexity index is 1120. The number of benzene rings is 3. The monoisotopic (exact) mass is 756 g/mol. The molecule has 1 amide bonds. The van der Waals surface area contributed by atoms with Gasteiger partial charge in [-0.25, -0.2) is 9.82 Å². The lowest BCUT2D eigenvalue weighted by Gasteiger charge is -2.12. The summed E-state index contributed by atoms with van der Waals surface area (Å²) in [6, 6.07) is 15.5. The maximum absolute atomic E-state index is 13.8. The zero-order chi connectivity index (χ0) is 22.4. The number of ether oxygens (including phenoxy) is 2. The molecule has 0 saturated heterocycles. The van der Waals surface area contributed by atoms with Crippen LogP contribution in [0.2, 0.25) is 0 Å². The highest BCUT2D eigenvalue weighted by Gasteiger charge is 2.11. The standard InChI is InChI=1S/C22H16FI3N2O3/c1-30-20-10-14(6-7-17(20)24)22(29)28-27-11-13-8-18(25)21(19(26)9-13)31-12-15-4-2-3-5-16(15)23/h2-11H,12H2,1H3,(H,28,29)/b27-11-. The minimum Gasteiger partial charge on any atom is -0.496 e. The fourth-order valence-electron chi connectivity index (χ4n) is 2.59. The second kappa shape index (κ2) is 11.4. The Morgan fingerprint density at radius 2 is 1.77 bits per heavy atom. The van der Waals surface area contributed by atoms with Crippen molar-refractivity contribution >= 4 is 79.9 Å². The van der Waals surface area contributed by atoms with Gasteiger partial charge in [0.2, 0.25) is 0 Å². The first kappa shape index (κ1) is 24.2. The average Bonchev–Trinajstić information content (AvgIpc) is 2.74. The van der Waals surface area contributed by atoms with Gasteiger partial charge in [-0.05, 0) is 110 Å². The van der Waals surface area contributed by atoms with E-state index in [1.807, 2.05) is 18.2 Å². The summed E-state index contributed by atoms with van der Waals surface area (Å²) in [4.78, 5) is 12.3. The van der Waals surface area contributed by atoms with Crippen molar-refractivity contribution in [2.24, 2.45) is 5.10 Å². The van der Waals surface area contributed by atoms with Gasteiger partial charge in [0.1, 0.15) is 23.9 Å². The van der Waals surface area contributed by atoms with Crippen LogP contribution in [0.25, 0.3) is 0 Å². The second-order valence-electron chi connectivity index (χ2n) is 6.24. The Morgan fingerprint density at radius 3 is 2.45 bits per heavy atom. The van der Waals surface area contributed by atoms with Gasteiger partial charge < -0.3 is 9.47 Å². The van der Waals surface area contributed by atoms with Crippen LogP contribution in [0.4, 0.5) is 4.39 Å². The van der Waals surface area contributed by atoms with Crippen molar-refractivity contribution in [1.29, 1.82) is 0 Å². The fraction of sp³-hybridized carbons (Fsp3) is 0.0909. The SMILES string of the molecule is COc1cc(C(=O)N/N=C\c2cc(I)c(OCc3ccccc3F)c(I)c2)ccc1I. The number of rotatable bonds is 7. The van der Waals surface area contributed by atoms with Crippen LogP contribution >= 0.6 is 67.8 Å². The zero-order valence-corrected chi connectivity index (χ0v) is 22.6. The highest BCUT2D eigenvalue weighted by molar-refractivity contribution is 14.1. The van der Waals surface area contributed by atoms with Crippen molar-refractivity contribution in [1.82, 2.24) is 5.43 Å². The molecule has 0 bridgehead atoms. The van der Waals surface area contributed by atoms with Crippen LogP contribution in [0.5, 0.6) is 11.5 Å². The number of hydrogen-bond acceptors (Lipinski definition) is 4. The summed E-state index contributed by atoms with van der Waals surface area (Å²) in [7, 11) is 1.56. The molecule has 0 aliphatic rings. The smallest absolute Gasteiger partial charge is 0.271 e. The Balaban J connectivity index is 1.66. The molecule has 5 nitrogen and oxygen atoms in total. The van der Waals surface area contributed by atoms with Gasteiger partial charge in [0.05, 0.1) is 24.0 Å². The molecule has 0 atom stereocenters. The summed E-state index contributed by atoms with van der Waals surface area (Å²) in [6.45, 7) is 0.141. The average molecular weight is 756 g/mol. The number of carbonyl (C=O) groups excluding carboxylic acids is 1. The van der Waals surface area contributed by atoms with Crippen molar-refractivity contribution < 1.29 is 18.7 Å². The van der Waals surface area contributed by atoms with Gasteiger partial charge in [-0.15, -0.1) is 0 Å². The number of halogens is 4. The highest BCUT2D eigenvalue weighted by atomic mass is 127. The van der Waals surface area contributed by atoms with Crippen molar-refractivity contribution in [2.45, 2.75) is 6.61 Å². The molecule has 0 fully saturated rings. The minimum atomic E-state index is -0.333. The van der Waals surface area contributed by atoms with E-state index in [1.165, 1.54) is 6.07 Å². The van der Waals surface area contributed by atoms with Crippen LogP contribution < -0.4 is 14.9 Å². The zero-order valence-electron chi connectivity index (χ0n) is 16.2. The van der Waals surface area contributed by atoms with Crippen LogP contribution in [-0.4, -0.2) is 19.2 Å². The number of hydrogen-bond donors (Lipinski definition) is 1. The summed E-state index contributed by atoms with van der Waals surface area (Å²) in [5.74, 6) is 0.682. The van der Waals surface area contributed by atoms with E-state index in [0.717, 1.165) is 16.3 Å². The molecule has 3 rings (SSSR count). The first-order valence-electron chi connectivity index (χ1n) is 8.91. The minimum absolute atomic E-state index is 0.141. The molecule has 3 aromatic rings. The third-order valence-corrected chi connectivity index (χ3v) is 6.64. The lowest BCUT2D eigenvalue weighted by atomic mass is 10.2. The largest absolute Gasteiger partial charge is 0.496 e. The van der Waals surface area contributed by atoms with E-state index in [-0.39, 0.29) is 18.3 Å². The van der Waals surface area contributed by atoms with E-state index in [4.69, 9.17) is 9.47 Å². The first-order chi connectivity index (χ1) is 14.9. The lowest BCUT2D eigenvalue weighted by molar-refractivity contribution is 0.0954. The van der Waals surface area contributed by atoms with Gasteiger partial charge in [-0.1, -0.05) is 18.2 Å². The molecule has 0 heterocycles. The molecule has 3 aromatic carbocycles. The van der Waals surface area contributed by atoms with Gasteiger partial charge in [-0.3, -0.25) is 4.79 Å². The predicted octanol–water partition coefficient (Wildman–Crippen LogP) is 5.99. The molecular formula is C22H16FI3N2O3. The molecular weight excluding hydrogens is 740 g/mol. The molecule has 0 saturated carbocycles. The second-order valence-corrected chi connectivity index (χ2v) is 9.73. The van der Waals surface area contributed by atoms with E-state index in [9.17, 15) is 9.18 Å². The molecule has 0 unspecified atom stereocenters. The number of hydrazone groups is 1. The maximum atomic E-state index is 13.8. The van der Waals surface area contributed by atoms with Crippen molar-refractivity contribution in [3.05, 3.63) is 87.8 Å². The number of amides is 1. The predicted molar refractivity (Wildman–Crippen MR) is 143 cm³/mol. The van der Waals surface area contributed by atoms with Gasteiger partial charge in [0.25, 0.3) is 5.91 Å². The molecule has 9 heteroatoms. The molecule has 0 aliphatic heterocycles. The number of carbonyl (C=O) groups is 1. The Morgan fingerprint density at radius 1 is 1.06 bits per heavy atom. The van der Waals surface area contributed by atoms with Crippen LogP contribution in [0, 0.1) is 16.5 Å². The van der Waals surface area contributed by atoms with E-state index in [1.54, 1.807) is 43.7 Å². The van der Waals surface area contributed by atoms with Crippen molar-refractivity contribution in [3.8, 4) is 11.5 Å². The third kappa shape index (κ3) is 6.51. The van der Waals surface area contributed by atoms with Crippen LogP contribution in [0.3, 0.4) is 0 Å². The van der Waals surface area contributed by atoms with E-state index in [2.05, 4.69) is 78.3 Å². The Hall–Kier alpha value is -1.48. The van der Waals surface area contributed by atoms with E-state index in [0.29, 0.717) is 22.6 Å². The number of methoxy groups -OCH3 is 1. The summed E-state index contributed by atoms with van der Waals surface area (Å²) in [5, 5.41) is 4.05. The van der Waals surface area contributed by atoms with E-state index < -0.39 is 0 Å². The summed E-state index contributed by atoms with van der Waals surface area (Å²) in [6.07, 6.45) is 1.56. The Kier molecular flexibility index (Phi) is 8.89. The molecule has 1 N–H and O–H groups in total. The molecule has 0 aromatic heterocycles. The van der Waals surface area contributed by atoms with Crippen molar-refractivity contribution in [2.75, 3.05) is 7.11 Å². The highest BCUT2D eigenvalue weighted by Crippen LogP contribution is 2.29. The fourth-order valence-corrected chi connectivity index (χ4v) is 5.27. The summed E-state index contributed by atoms with van der Waals surface area (Å²) < 4.78 is 27.5. The number of nitrogens with one attached hydrogen (secondary N) is 1. The van der Waals surface area contributed by atoms with E-state index >= 15 is 0 Å². The van der Waals surface area contributed by atoms with Crippen LogP contribution in [0.1, 0.15) is 21.5 Å². The van der Waals surface area contributed by atoms with Crippen LogP contribution in [0.15, 0.2) is 59.7 Å². The first-order valence-corrected chi connectivity index (χ1v) is 12.1. The van der Waals surface area contributed by atoms with Gasteiger partial charge in [0.15, 0.2) is 0 Å². The maximum Gasteiger partial charge on any atom is 0.271 e. The third-order valence-electron chi connectivity index (χ3n) is 4.14. The van der Waals surface area contributed by atoms with Gasteiger partial charge in [-0.2, -0.15) is 5.10 Å². The van der Waals surface area contributed by atoms with Crippen LogP contribution in [-0.2, 0) is 6.61 Å². The van der Waals surface area contributed by atoms with Gasteiger partial charge in [0, 0.05) is 11.1 Å². The van der Waals surface area contributed by atoms with Crippen molar-refractivity contribution in [3.63, 3.8) is 0 Å². The lowest BCUT2D eigenvalue weighted by Crippen LogP contribution is -2.17. The molecule has 31 heavy (non-hydrogen) atoms. The van der Waals surface area contributed by atoms with Gasteiger partial charge >= 0.3 is 0 Å². The molecule has 0 aliphatic carbocycles. The normalized spacial score (nSPS) is 10.9. The Labute approximate surface area is 220 Å². The topological polar surface area (TPSA) is 59.9 Å². The summed E-state index contributed by atoms with van der Waals surface area (Å²) >= 11 is 6.46. The molecule has 0 radical (unpaired) electrons.